The highest BCUT2D eigenvalue weighted by atomic mass is 32.1. The molecule has 4 rings (SSSR count). The van der Waals surface area contributed by atoms with Gasteiger partial charge in [0.1, 0.15) is 5.01 Å². The molecule has 2 saturated heterocycles. The van der Waals surface area contributed by atoms with Crippen LogP contribution < -0.4 is 0 Å². The second-order valence-corrected chi connectivity index (χ2v) is 7.45. The molecule has 2 atom stereocenters. The topological polar surface area (TPSA) is 28.6 Å². The number of likely N-dealkylation sites (tertiary alicyclic amines) is 1. The molecule has 2 aliphatic rings. The molecule has 23 heavy (non-hydrogen) atoms. The van der Waals surface area contributed by atoms with Gasteiger partial charge in [-0.25, -0.2) is 4.98 Å². The average molecular weight is 329 g/mol. The molecule has 0 aliphatic carbocycles. The zero-order valence-electron chi connectivity index (χ0n) is 13.5. The molecular weight excluding hydrogens is 306 g/mol. The summed E-state index contributed by atoms with van der Waals surface area (Å²) in [5.74, 6) is 0. The van der Waals surface area contributed by atoms with Gasteiger partial charge in [-0.1, -0.05) is 30.3 Å². The number of morpholine rings is 1. The van der Waals surface area contributed by atoms with E-state index >= 15 is 0 Å². The number of aryl methyl sites for hydroxylation is 1. The minimum Gasteiger partial charge on any atom is -0.374 e. The number of nitrogens with zero attached hydrogens (tertiary/aromatic N) is 3. The number of thiazole rings is 1. The third-order valence-corrected chi connectivity index (χ3v) is 5.70. The van der Waals surface area contributed by atoms with Gasteiger partial charge in [-0.05, 0) is 12.5 Å². The molecule has 122 valence electrons. The van der Waals surface area contributed by atoms with Gasteiger partial charge in [0, 0.05) is 37.3 Å². The van der Waals surface area contributed by atoms with E-state index in [-0.39, 0.29) is 0 Å². The quantitative estimate of drug-likeness (QED) is 0.862. The molecule has 0 spiro atoms. The van der Waals surface area contributed by atoms with Crippen LogP contribution in [0.4, 0.5) is 0 Å². The highest BCUT2D eigenvalue weighted by Crippen LogP contribution is 2.26. The van der Waals surface area contributed by atoms with Crippen molar-refractivity contribution >= 4 is 11.3 Å². The average Bonchev–Trinajstić information content (AvgIpc) is 3.15. The van der Waals surface area contributed by atoms with Crippen LogP contribution in [0.5, 0.6) is 0 Å². The van der Waals surface area contributed by atoms with Gasteiger partial charge < -0.3 is 4.74 Å². The summed E-state index contributed by atoms with van der Waals surface area (Å²) < 4.78 is 6.04. The normalized spacial score (nSPS) is 25.6. The third kappa shape index (κ3) is 3.48. The fourth-order valence-electron chi connectivity index (χ4n) is 3.64. The first-order chi connectivity index (χ1) is 11.3. The van der Waals surface area contributed by atoms with Gasteiger partial charge in [-0.15, -0.1) is 11.3 Å². The van der Waals surface area contributed by atoms with Crippen LogP contribution in [-0.2, 0) is 17.8 Å². The second-order valence-electron chi connectivity index (χ2n) is 6.51. The van der Waals surface area contributed by atoms with E-state index in [2.05, 4.69) is 57.4 Å². The predicted molar refractivity (Wildman–Crippen MR) is 92.5 cm³/mol. The molecule has 0 radical (unpaired) electrons. The van der Waals surface area contributed by atoms with E-state index in [1.165, 1.54) is 10.6 Å². The molecule has 0 bridgehead atoms. The van der Waals surface area contributed by atoms with Gasteiger partial charge in [-0.3, -0.25) is 9.80 Å². The fraction of sp³-hybridized carbons (Fsp3) is 0.500. The largest absolute Gasteiger partial charge is 0.374 e. The Morgan fingerprint density at radius 2 is 2.09 bits per heavy atom. The van der Waals surface area contributed by atoms with Crippen LogP contribution in [0.15, 0.2) is 35.7 Å². The van der Waals surface area contributed by atoms with Crippen molar-refractivity contribution in [1.29, 1.82) is 0 Å². The SMILES string of the molecule is Cc1csc(CN2C[C@@H]3OCCN(Cc4ccccc4)[C@H]3C2)n1. The number of hydrogen-bond acceptors (Lipinski definition) is 5. The second kappa shape index (κ2) is 6.69. The van der Waals surface area contributed by atoms with Crippen molar-refractivity contribution in [2.75, 3.05) is 26.2 Å². The Bertz CT molecular complexity index is 645. The van der Waals surface area contributed by atoms with Crippen LogP contribution in [0.1, 0.15) is 16.3 Å². The Morgan fingerprint density at radius 1 is 1.22 bits per heavy atom. The Hall–Kier alpha value is -1.27. The van der Waals surface area contributed by atoms with E-state index in [0.717, 1.165) is 45.0 Å². The lowest BCUT2D eigenvalue weighted by Gasteiger charge is -2.37. The fourth-order valence-corrected chi connectivity index (χ4v) is 4.46. The number of rotatable bonds is 4. The van der Waals surface area contributed by atoms with E-state index in [1.807, 2.05) is 0 Å². The zero-order chi connectivity index (χ0) is 15.6. The Kier molecular flexibility index (Phi) is 4.44. The summed E-state index contributed by atoms with van der Waals surface area (Å²) >= 11 is 1.77. The van der Waals surface area contributed by atoms with Gasteiger partial charge >= 0.3 is 0 Å². The van der Waals surface area contributed by atoms with E-state index < -0.39 is 0 Å². The Morgan fingerprint density at radius 3 is 2.87 bits per heavy atom. The molecule has 0 saturated carbocycles. The minimum atomic E-state index is 0.341. The predicted octanol–water partition coefficient (Wildman–Crippen LogP) is 2.54. The summed E-state index contributed by atoms with van der Waals surface area (Å²) in [6.07, 6.45) is 0.341. The van der Waals surface area contributed by atoms with Crippen molar-refractivity contribution in [3.05, 3.63) is 52.0 Å². The maximum atomic E-state index is 6.04. The Labute approximate surface area is 141 Å². The number of fused-ring (bicyclic) bond motifs is 1. The van der Waals surface area contributed by atoms with Crippen LogP contribution in [0.2, 0.25) is 0 Å². The molecule has 2 aliphatic heterocycles. The van der Waals surface area contributed by atoms with Crippen molar-refractivity contribution in [3.8, 4) is 0 Å². The number of benzene rings is 1. The molecule has 0 N–H and O–H groups in total. The van der Waals surface area contributed by atoms with Crippen LogP contribution in [0.25, 0.3) is 0 Å². The van der Waals surface area contributed by atoms with E-state index in [0.29, 0.717) is 12.1 Å². The molecule has 2 fully saturated rings. The third-order valence-electron chi connectivity index (χ3n) is 4.75. The van der Waals surface area contributed by atoms with Crippen molar-refractivity contribution in [2.45, 2.75) is 32.2 Å². The molecule has 1 aromatic heterocycles. The first-order valence-corrected chi connectivity index (χ1v) is 9.19. The van der Waals surface area contributed by atoms with Gasteiger partial charge in [0.05, 0.1) is 25.3 Å². The maximum Gasteiger partial charge on any atom is 0.107 e. The monoisotopic (exact) mass is 329 g/mol. The zero-order valence-corrected chi connectivity index (χ0v) is 14.3. The molecule has 4 nitrogen and oxygen atoms in total. The molecule has 3 heterocycles. The van der Waals surface area contributed by atoms with Crippen molar-refractivity contribution < 1.29 is 4.74 Å². The molecule has 0 amide bonds. The van der Waals surface area contributed by atoms with Crippen LogP contribution in [0.3, 0.4) is 0 Å². The van der Waals surface area contributed by atoms with Crippen molar-refractivity contribution in [3.63, 3.8) is 0 Å². The first-order valence-electron chi connectivity index (χ1n) is 8.31. The molecule has 5 heteroatoms. The summed E-state index contributed by atoms with van der Waals surface area (Å²) in [5.41, 5.74) is 2.52. The summed E-state index contributed by atoms with van der Waals surface area (Å²) in [6.45, 7) is 8.02. The van der Waals surface area contributed by atoms with E-state index in [4.69, 9.17) is 4.74 Å². The smallest absolute Gasteiger partial charge is 0.107 e. The molecular formula is C18H23N3OS. The summed E-state index contributed by atoms with van der Waals surface area (Å²) in [6, 6.07) is 11.3. The number of ether oxygens (including phenoxy) is 1. The van der Waals surface area contributed by atoms with Crippen LogP contribution in [-0.4, -0.2) is 53.2 Å². The van der Waals surface area contributed by atoms with Gasteiger partial charge in [-0.2, -0.15) is 0 Å². The van der Waals surface area contributed by atoms with Gasteiger partial charge in [0.25, 0.3) is 0 Å². The molecule has 0 unspecified atom stereocenters. The number of hydrogen-bond donors (Lipinski definition) is 0. The maximum absolute atomic E-state index is 6.04. The summed E-state index contributed by atoms with van der Waals surface area (Å²) in [5, 5.41) is 3.35. The Balaban J connectivity index is 1.42. The van der Waals surface area contributed by atoms with Gasteiger partial charge in [0.15, 0.2) is 0 Å². The van der Waals surface area contributed by atoms with E-state index in [1.54, 1.807) is 11.3 Å². The van der Waals surface area contributed by atoms with Crippen molar-refractivity contribution in [2.24, 2.45) is 0 Å². The lowest BCUT2D eigenvalue weighted by Crippen LogP contribution is -2.50. The van der Waals surface area contributed by atoms with Crippen molar-refractivity contribution in [1.82, 2.24) is 14.8 Å². The highest BCUT2D eigenvalue weighted by molar-refractivity contribution is 7.09. The van der Waals surface area contributed by atoms with Gasteiger partial charge in [0.2, 0.25) is 0 Å². The number of aromatic nitrogens is 1. The first kappa shape index (κ1) is 15.3. The van der Waals surface area contributed by atoms with Crippen LogP contribution in [0, 0.1) is 6.92 Å². The van der Waals surface area contributed by atoms with E-state index in [9.17, 15) is 0 Å². The highest BCUT2D eigenvalue weighted by Gasteiger charge is 2.40. The summed E-state index contributed by atoms with van der Waals surface area (Å²) in [4.78, 5) is 9.69. The molecule has 1 aromatic carbocycles. The standard InChI is InChI=1S/C18H23N3OS/c1-14-13-23-18(19-14)12-20-10-16-17(11-20)22-8-7-21(16)9-15-5-3-2-4-6-15/h2-6,13,16-17H,7-12H2,1H3/t16-,17-/m0/s1. The minimum absolute atomic E-state index is 0.341. The lowest BCUT2D eigenvalue weighted by atomic mass is 10.1. The summed E-state index contributed by atoms with van der Waals surface area (Å²) in [7, 11) is 0. The van der Waals surface area contributed by atoms with Crippen LogP contribution >= 0.6 is 11.3 Å². The molecule has 2 aromatic rings. The lowest BCUT2D eigenvalue weighted by molar-refractivity contribution is -0.0504.